The molecule has 15 heavy (non-hydrogen) atoms. The maximum absolute atomic E-state index is 11.9. The lowest BCUT2D eigenvalue weighted by Crippen LogP contribution is -2.04. The average Bonchev–Trinajstić information content (AvgIpc) is 2.71. The zero-order chi connectivity index (χ0) is 10.7. The van der Waals surface area contributed by atoms with Crippen molar-refractivity contribution in [2.24, 2.45) is 0 Å². The summed E-state index contributed by atoms with van der Waals surface area (Å²) in [6, 6.07) is 8.43. The van der Waals surface area contributed by atoms with Crippen LogP contribution in [-0.4, -0.2) is 13.4 Å². The number of thiazole rings is 1. The van der Waals surface area contributed by atoms with Gasteiger partial charge < -0.3 is 0 Å². The van der Waals surface area contributed by atoms with E-state index in [4.69, 9.17) is 0 Å². The summed E-state index contributed by atoms with van der Waals surface area (Å²) < 4.78 is 23.7. The molecule has 0 amide bonds. The maximum Gasteiger partial charge on any atom is 0.184 e. The third-order valence-electron chi connectivity index (χ3n) is 1.90. The lowest BCUT2D eigenvalue weighted by molar-refractivity contribution is 0.595. The molecule has 1 aromatic heterocycles. The van der Waals surface area contributed by atoms with Crippen molar-refractivity contribution in [1.82, 2.24) is 4.98 Å². The number of sulfone groups is 1. The Hall–Kier alpha value is -1.20. The molecule has 0 saturated carbocycles. The smallest absolute Gasteiger partial charge is 0.184 e. The molecule has 0 atom stereocenters. The van der Waals surface area contributed by atoms with Gasteiger partial charge in [-0.2, -0.15) is 0 Å². The van der Waals surface area contributed by atoms with Crippen molar-refractivity contribution in [3.8, 4) is 0 Å². The summed E-state index contributed by atoms with van der Waals surface area (Å²) in [4.78, 5) is 4.31. The van der Waals surface area contributed by atoms with E-state index in [2.05, 4.69) is 4.98 Å². The second-order valence-corrected chi connectivity index (χ2v) is 5.97. The first-order valence-electron chi connectivity index (χ1n) is 4.35. The fourth-order valence-corrected chi connectivity index (χ4v) is 3.47. The molecule has 0 spiro atoms. The highest BCUT2D eigenvalue weighted by molar-refractivity contribution is 7.90. The van der Waals surface area contributed by atoms with Crippen LogP contribution in [0.5, 0.6) is 0 Å². The lowest BCUT2D eigenvalue weighted by atomic mass is 10.4. The standard InChI is InChI=1S/C10H9NO2S2/c12-15(13,8-10-11-6-7-14-10)9-4-2-1-3-5-9/h1-7H,8H2. The first-order chi connectivity index (χ1) is 7.18. The molecular formula is C10H9NO2S2. The molecule has 1 aromatic carbocycles. The van der Waals surface area contributed by atoms with Crippen LogP contribution >= 0.6 is 11.3 Å². The Balaban J connectivity index is 2.29. The van der Waals surface area contributed by atoms with Gasteiger partial charge in [0.1, 0.15) is 10.8 Å². The summed E-state index contributed by atoms with van der Waals surface area (Å²) in [5.74, 6) is -0.0192. The summed E-state index contributed by atoms with van der Waals surface area (Å²) in [7, 11) is -3.24. The minimum atomic E-state index is -3.24. The summed E-state index contributed by atoms with van der Waals surface area (Å²) >= 11 is 1.35. The monoisotopic (exact) mass is 239 g/mol. The molecule has 0 radical (unpaired) electrons. The number of aromatic nitrogens is 1. The van der Waals surface area contributed by atoms with Crippen molar-refractivity contribution in [3.05, 3.63) is 46.9 Å². The molecule has 2 aromatic rings. The fourth-order valence-electron chi connectivity index (χ4n) is 1.20. The van der Waals surface area contributed by atoms with Crippen LogP contribution in [0, 0.1) is 0 Å². The molecule has 3 nitrogen and oxygen atoms in total. The Kier molecular flexibility index (Phi) is 2.83. The largest absolute Gasteiger partial charge is 0.249 e. The minimum Gasteiger partial charge on any atom is -0.249 e. The van der Waals surface area contributed by atoms with E-state index >= 15 is 0 Å². The zero-order valence-electron chi connectivity index (χ0n) is 7.83. The van der Waals surface area contributed by atoms with E-state index < -0.39 is 9.84 Å². The highest BCUT2D eigenvalue weighted by Gasteiger charge is 2.15. The second kappa shape index (κ2) is 4.12. The highest BCUT2D eigenvalue weighted by atomic mass is 32.2. The van der Waals surface area contributed by atoms with E-state index in [1.165, 1.54) is 11.3 Å². The topological polar surface area (TPSA) is 47.0 Å². The van der Waals surface area contributed by atoms with Crippen molar-refractivity contribution in [2.45, 2.75) is 10.6 Å². The molecule has 0 bridgehead atoms. The molecule has 78 valence electrons. The normalized spacial score (nSPS) is 11.5. The van der Waals surface area contributed by atoms with E-state index in [1.807, 2.05) is 0 Å². The third kappa shape index (κ3) is 2.43. The van der Waals surface area contributed by atoms with Crippen LogP contribution in [-0.2, 0) is 15.6 Å². The zero-order valence-corrected chi connectivity index (χ0v) is 9.46. The van der Waals surface area contributed by atoms with Gasteiger partial charge in [-0.25, -0.2) is 13.4 Å². The van der Waals surface area contributed by atoms with Crippen LogP contribution in [0.15, 0.2) is 46.8 Å². The lowest BCUT2D eigenvalue weighted by Gasteiger charge is -2.00. The molecule has 0 unspecified atom stereocenters. The van der Waals surface area contributed by atoms with E-state index in [0.717, 1.165) is 0 Å². The summed E-state index contributed by atoms with van der Waals surface area (Å²) in [5, 5.41) is 2.40. The van der Waals surface area contributed by atoms with Crippen molar-refractivity contribution < 1.29 is 8.42 Å². The van der Waals surface area contributed by atoms with E-state index in [0.29, 0.717) is 9.90 Å². The molecule has 1 heterocycles. The van der Waals surface area contributed by atoms with Gasteiger partial charge in [0.15, 0.2) is 9.84 Å². The van der Waals surface area contributed by atoms with Crippen LogP contribution in [0.2, 0.25) is 0 Å². The first-order valence-corrected chi connectivity index (χ1v) is 6.88. The number of nitrogens with zero attached hydrogens (tertiary/aromatic N) is 1. The van der Waals surface area contributed by atoms with Crippen LogP contribution in [0.1, 0.15) is 5.01 Å². The number of benzene rings is 1. The molecule has 0 aliphatic rings. The predicted octanol–water partition coefficient (Wildman–Crippen LogP) is 2.12. The van der Waals surface area contributed by atoms with Crippen molar-refractivity contribution in [1.29, 1.82) is 0 Å². The Morgan fingerprint density at radius 3 is 2.53 bits per heavy atom. The minimum absolute atomic E-state index is 0.0192. The van der Waals surface area contributed by atoms with Gasteiger partial charge >= 0.3 is 0 Å². The van der Waals surface area contributed by atoms with Gasteiger partial charge in [0, 0.05) is 11.6 Å². The molecule has 0 saturated heterocycles. The molecule has 2 rings (SSSR count). The van der Waals surface area contributed by atoms with Gasteiger partial charge in [0.25, 0.3) is 0 Å². The van der Waals surface area contributed by atoms with Gasteiger partial charge in [-0.1, -0.05) is 18.2 Å². The fraction of sp³-hybridized carbons (Fsp3) is 0.100. The van der Waals surface area contributed by atoms with Gasteiger partial charge in [-0.3, -0.25) is 0 Å². The second-order valence-electron chi connectivity index (χ2n) is 3.00. The quantitative estimate of drug-likeness (QED) is 0.824. The Labute approximate surface area is 92.3 Å². The Morgan fingerprint density at radius 1 is 1.20 bits per heavy atom. The van der Waals surface area contributed by atoms with E-state index in [9.17, 15) is 8.42 Å². The predicted molar refractivity (Wildman–Crippen MR) is 59.4 cm³/mol. The van der Waals surface area contributed by atoms with Crippen LogP contribution in [0.3, 0.4) is 0 Å². The van der Waals surface area contributed by atoms with Gasteiger partial charge in [0.05, 0.1) is 4.90 Å². The maximum atomic E-state index is 11.9. The van der Waals surface area contributed by atoms with Crippen molar-refractivity contribution in [2.75, 3.05) is 0 Å². The van der Waals surface area contributed by atoms with Crippen LogP contribution in [0.4, 0.5) is 0 Å². The molecule has 0 N–H and O–H groups in total. The third-order valence-corrected chi connectivity index (χ3v) is 4.51. The van der Waals surface area contributed by atoms with E-state index in [-0.39, 0.29) is 5.75 Å². The molecule has 0 aliphatic heterocycles. The van der Waals surface area contributed by atoms with Crippen LogP contribution < -0.4 is 0 Å². The summed E-state index contributed by atoms with van der Waals surface area (Å²) in [6.45, 7) is 0. The summed E-state index contributed by atoms with van der Waals surface area (Å²) in [5.41, 5.74) is 0. The van der Waals surface area contributed by atoms with Gasteiger partial charge in [-0.15, -0.1) is 11.3 Å². The SMILES string of the molecule is O=S(=O)(Cc1nccs1)c1ccccc1. The van der Waals surface area contributed by atoms with Crippen LogP contribution in [0.25, 0.3) is 0 Å². The van der Waals surface area contributed by atoms with Crippen molar-refractivity contribution in [3.63, 3.8) is 0 Å². The molecule has 0 aliphatic carbocycles. The van der Waals surface area contributed by atoms with Crippen molar-refractivity contribution >= 4 is 21.2 Å². The highest BCUT2D eigenvalue weighted by Crippen LogP contribution is 2.16. The number of rotatable bonds is 3. The Morgan fingerprint density at radius 2 is 1.93 bits per heavy atom. The Bertz CT molecular complexity index is 518. The van der Waals surface area contributed by atoms with Gasteiger partial charge in [-0.05, 0) is 12.1 Å². The first kappa shape index (κ1) is 10.3. The molecule has 5 heteroatoms. The average molecular weight is 239 g/mol. The van der Waals surface area contributed by atoms with E-state index in [1.54, 1.807) is 41.9 Å². The van der Waals surface area contributed by atoms with Gasteiger partial charge in [0.2, 0.25) is 0 Å². The number of hydrogen-bond acceptors (Lipinski definition) is 4. The molecular weight excluding hydrogens is 230 g/mol. The number of hydrogen-bond donors (Lipinski definition) is 0. The summed E-state index contributed by atoms with van der Waals surface area (Å²) in [6.07, 6.45) is 1.61. The molecule has 0 fully saturated rings.